The smallest absolute Gasteiger partial charge is 0.237 e. The molecule has 2 aliphatic heterocycles. The number of amides is 1. The number of hydrogen-bond acceptors (Lipinski definition) is 4. The Hall–Kier alpha value is -1.46. The molecule has 0 spiro atoms. The summed E-state index contributed by atoms with van der Waals surface area (Å²) in [6.45, 7) is 3.06. The molecule has 1 N–H and O–H groups in total. The van der Waals surface area contributed by atoms with E-state index in [1.165, 1.54) is 0 Å². The lowest BCUT2D eigenvalue weighted by Gasteiger charge is -2.42. The average molecular weight is 316 g/mol. The van der Waals surface area contributed by atoms with Crippen molar-refractivity contribution in [1.82, 2.24) is 20.1 Å². The van der Waals surface area contributed by atoms with Gasteiger partial charge in [0, 0.05) is 36.9 Å². The first kappa shape index (κ1) is 16.4. The fourth-order valence-electron chi connectivity index (χ4n) is 3.83. The molecule has 1 aromatic heterocycles. The highest BCUT2D eigenvalue weighted by atomic mass is 16.2. The first-order valence-corrected chi connectivity index (χ1v) is 8.69. The Morgan fingerprint density at radius 2 is 2.09 bits per heavy atom. The van der Waals surface area contributed by atoms with Gasteiger partial charge in [-0.1, -0.05) is 6.07 Å². The van der Waals surface area contributed by atoms with Crippen LogP contribution in [0.25, 0.3) is 0 Å². The van der Waals surface area contributed by atoms with Crippen LogP contribution in [0.2, 0.25) is 0 Å². The summed E-state index contributed by atoms with van der Waals surface area (Å²) in [6.07, 6.45) is 6.73. The van der Waals surface area contributed by atoms with Crippen LogP contribution in [0.15, 0.2) is 24.4 Å². The van der Waals surface area contributed by atoms with E-state index in [4.69, 9.17) is 0 Å². The van der Waals surface area contributed by atoms with Crippen LogP contribution < -0.4 is 5.32 Å². The monoisotopic (exact) mass is 316 g/mol. The van der Waals surface area contributed by atoms with E-state index in [1.807, 2.05) is 18.3 Å². The van der Waals surface area contributed by atoms with E-state index >= 15 is 0 Å². The zero-order chi connectivity index (χ0) is 16.3. The summed E-state index contributed by atoms with van der Waals surface area (Å²) in [5, 5.41) is 3.43. The Morgan fingerprint density at radius 1 is 1.30 bits per heavy atom. The Kier molecular flexibility index (Phi) is 4.97. The third-order valence-electron chi connectivity index (χ3n) is 5.40. The molecule has 2 saturated heterocycles. The molecule has 1 atom stereocenters. The van der Waals surface area contributed by atoms with Crippen molar-refractivity contribution in [1.29, 1.82) is 0 Å². The molecule has 0 radical (unpaired) electrons. The molecule has 3 heterocycles. The van der Waals surface area contributed by atoms with Gasteiger partial charge in [0.1, 0.15) is 0 Å². The molecule has 1 aromatic rings. The maximum atomic E-state index is 12.8. The average Bonchev–Trinajstić information content (AvgIpc) is 2.98. The maximum Gasteiger partial charge on any atom is 0.237 e. The minimum atomic E-state index is -0.151. The van der Waals surface area contributed by atoms with Crippen LogP contribution >= 0.6 is 0 Å². The number of nitrogens with one attached hydrogen (secondary N) is 1. The summed E-state index contributed by atoms with van der Waals surface area (Å²) < 4.78 is 0. The predicted molar refractivity (Wildman–Crippen MR) is 91.2 cm³/mol. The Labute approximate surface area is 139 Å². The van der Waals surface area contributed by atoms with E-state index in [-0.39, 0.29) is 17.5 Å². The molecule has 2 aliphatic rings. The lowest BCUT2D eigenvalue weighted by Crippen LogP contribution is -2.59. The molecule has 0 aliphatic carbocycles. The van der Waals surface area contributed by atoms with Crippen molar-refractivity contribution in [2.24, 2.45) is 0 Å². The highest BCUT2D eigenvalue weighted by molar-refractivity contribution is 5.82. The zero-order valence-electron chi connectivity index (χ0n) is 14.3. The molecule has 0 saturated carbocycles. The summed E-state index contributed by atoms with van der Waals surface area (Å²) in [4.78, 5) is 21.8. The van der Waals surface area contributed by atoms with Gasteiger partial charge in [-0.05, 0) is 58.5 Å². The van der Waals surface area contributed by atoms with Crippen molar-refractivity contribution in [3.8, 4) is 0 Å². The fraction of sp³-hybridized carbons (Fsp3) is 0.667. The van der Waals surface area contributed by atoms with Crippen LogP contribution in [0.3, 0.4) is 0 Å². The molecule has 1 unspecified atom stereocenters. The van der Waals surface area contributed by atoms with Gasteiger partial charge in [0.15, 0.2) is 0 Å². The van der Waals surface area contributed by atoms with E-state index in [0.29, 0.717) is 0 Å². The van der Waals surface area contributed by atoms with Gasteiger partial charge >= 0.3 is 0 Å². The molecule has 2 fully saturated rings. The number of pyridine rings is 1. The number of piperidine rings is 1. The topological polar surface area (TPSA) is 48.5 Å². The fourth-order valence-corrected chi connectivity index (χ4v) is 3.83. The summed E-state index contributed by atoms with van der Waals surface area (Å²) in [6, 6.07) is 6.07. The van der Waals surface area contributed by atoms with Crippen molar-refractivity contribution in [2.45, 2.75) is 43.7 Å². The van der Waals surface area contributed by atoms with E-state index in [9.17, 15) is 4.79 Å². The number of carbonyl (C=O) groups is 1. The van der Waals surface area contributed by atoms with Crippen molar-refractivity contribution in [3.05, 3.63) is 30.1 Å². The van der Waals surface area contributed by atoms with Gasteiger partial charge in [0.2, 0.25) is 5.91 Å². The van der Waals surface area contributed by atoms with E-state index in [0.717, 1.165) is 57.4 Å². The van der Waals surface area contributed by atoms with E-state index in [2.05, 4.69) is 40.3 Å². The van der Waals surface area contributed by atoms with Crippen LogP contribution in [-0.2, 0) is 11.2 Å². The predicted octanol–water partition coefficient (Wildman–Crippen LogP) is 1.30. The van der Waals surface area contributed by atoms with Gasteiger partial charge in [-0.3, -0.25) is 14.7 Å². The van der Waals surface area contributed by atoms with Gasteiger partial charge in [0.05, 0.1) is 6.04 Å². The number of nitrogens with zero attached hydrogens (tertiary/aromatic N) is 3. The van der Waals surface area contributed by atoms with E-state index < -0.39 is 0 Å². The normalized spacial score (nSPS) is 25.4. The van der Waals surface area contributed by atoms with Crippen molar-refractivity contribution in [2.75, 3.05) is 33.7 Å². The third kappa shape index (κ3) is 3.90. The minimum Gasteiger partial charge on any atom is -0.349 e. The molecule has 0 aromatic carbocycles. The highest BCUT2D eigenvalue weighted by Crippen LogP contribution is 2.27. The summed E-state index contributed by atoms with van der Waals surface area (Å²) in [5.41, 5.74) is 0.915. The molecule has 0 bridgehead atoms. The lowest BCUT2D eigenvalue weighted by molar-refractivity contribution is -0.127. The second-order valence-electron chi connectivity index (χ2n) is 7.21. The second kappa shape index (κ2) is 6.97. The Morgan fingerprint density at radius 3 is 2.70 bits per heavy atom. The maximum absolute atomic E-state index is 12.8. The molecular formula is C18H28N4O. The molecule has 5 heteroatoms. The molecule has 5 nitrogen and oxygen atoms in total. The molecule has 1 amide bonds. The first-order chi connectivity index (χ1) is 11.1. The molecule has 3 rings (SSSR count). The number of rotatable bonds is 4. The summed E-state index contributed by atoms with van der Waals surface area (Å²) >= 11 is 0. The quantitative estimate of drug-likeness (QED) is 0.910. The largest absolute Gasteiger partial charge is 0.349 e. The van der Waals surface area contributed by atoms with Crippen LogP contribution in [0.5, 0.6) is 0 Å². The molecular weight excluding hydrogens is 288 g/mol. The molecule has 23 heavy (non-hydrogen) atoms. The second-order valence-corrected chi connectivity index (χ2v) is 7.21. The highest BCUT2D eigenvalue weighted by Gasteiger charge is 2.38. The minimum absolute atomic E-state index is 0.0373. The zero-order valence-corrected chi connectivity index (χ0v) is 14.3. The number of likely N-dealkylation sites (tertiary alicyclic amines) is 2. The van der Waals surface area contributed by atoms with Gasteiger partial charge in [0.25, 0.3) is 0 Å². The Balaban J connectivity index is 1.74. The number of aromatic nitrogens is 1. The van der Waals surface area contributed by atoms with Gasteiger partial charge < -0.3 is 10.2 Å². The lowest BCUT2D eigenvalue weighted by atomic mass is 9.82. The first-order valence-electron chi connectivity index (χ1n) is 8.69. The number of carbonyl (C=O) groups excluding carboxylic acids is 1. The van der Waals surface area contributed by atoms with Crippen molar-refractivity contribution in [3.63, 3.8) is 0 Å². The van der Waals surface area contributed by atoms with E-state index in [1.54, 1.807) is 0 Å². The summed E-state index contributed by atoms with van der Waals surface area (Å²) in [7, 11) is 4.20. The van der Waals surface area contributed by atoms with Gasteiger partial charge in [-0.2, -0.15) is 0 Å². The standard InChI is InChI=1S/C18H28N4O/c1-21-12-8-18(9-13-21,14-15-6-3-4-10-19-15)20-17(23)16-7-5-11-22(16)2/h3-4,6,10,16H,5,7-9,11-14H2,1-2H3,(H,20,23). The van der Waals surface area contributed by atoms with Crippen LogP contribution in [0.1, 0.15) is 31.4 Å². The third-order valence-corrected chi connectivity index (χ3v) is 5.40. The van der Waals surface area contributed by atoms with Crippen LogP contribution in [0.4, 0.5) is 0 Å². The summed E-state index contributed by atoms with van der Waals surface area (Å²) in [5.74, 6) is 0.200. The SMILES string of the molecule is CN1CCC(Cc2ccccn2)(NC(=O)C2CCCN2C)CC1. The van der Waals surface area contributed by atoms with Crippen LogP contribution in [-0.4, -0.2) is 66.0 Å². The molecule has 126 valence electrons. The van der Waals surface area contributed by atoms with Crippen molar-refractivity contribution >= 4 is 5.91 Å². The van der Waals surface area contributed by atoms with Gasteiger partial charge in [-0.25, -0.2) is 0 Å². The van der Waals surface area contributed by atoms with Gasteiger partial charge in [-0.15, -0.1) is 0 Å². The Bertz CT molecular complexity index is 525. The van der Waals surface area contributed by atoms with Crippen molar-refractivity contribution < 1.29 is 4.79 Å². The number of hydrogen-bond donors (Lipinski definition) is 1. The number of likely N-dealkylation sites (N-methyl/N-ethyl adjacent to an activating group) is 1. The van der Waals surface area contributed by atoms with Crippen LogP contribution in [0, 0.1) is 0 Å².